The molecule has 2 atom stereocenters. The molecule has 1 nitrogen and oxygen atoms in total. The maximum atomic E-state index is 12.8. The molecule has 0 spiro atoms. The lowest BCUT2D eigenvalue weighted by molar-refractivity contribution is 0.258. The lowest BCUT2D eigenvalue weighted by atomic mass is 9.88. The van der Waals surface area contributed by atoms with Crippen LogP contribution in [0, 0.1) is 11.7 Å². The minimum absolute atomic E-state index is 0.207. The molecule has 2 rings (SSSR count). The smallest absolute Gasteiger partial charge is 0.141 e. The van der Waals surface area contributed by atoms with Gasteiger partial charge in [-0.3, -0.25) is 0 Å². The molecule has 1 heterocycles. The second kappa shape index (κ2) is 3.28. The van der Waals surface area contributed by atoms with Gasteiger partial charge in [0.15, 0.2) is 0 Å². The van der Waals surface area contributed by atoms with E-state index in [4.69, 9.17) is 11.6 Å². The third kappa shape index (κ3) is 1.56. The molecule has 1 aliphatic rings. The van der Waals surface area contributed by atoms with E-state index >= 15 is 0 Å². The predicted molar refractivity (Wildman–Crippen MR) is 51.3 cm³/mol. The van der Waals surface area contributed by atoms with E-state index in [0.717, 1.165) is 12.1 Å². The molecule has 1 fully saturated rings. The Hall–Kier alpha value is -0.600. The second-order valence-electron chi connectivity index (χ2n) is 3.54. The Morgan fingerprint density at radius 2 is 2.31 bits per heavy atom. The van der Waals surface area contributed by atoms with Crippen LogP contribution >= 0.6 is 11.6 Å². The maximum Gasteiger partial charge on any atom is 0.141 e. The molecule has 0 aliphatic carbocycles. The summed E-state index contributed by atoms with van der Waals surface area (Å²) in [5.74, 6) is 0.263. The lowest BCUT2D eigenvalue weighted by Crippen LogP contribution is -2.43. The van der Waals surface area contributed by atoms with Crippen molar-refractivity contribution in [1.29, 1.82) is 0 Å². The average molecular weight is 200 g/mol. The van der Waals surface area contributed by atoms with Crippen molar-refractivity contribution in [2.24, 2.45) is 5.92 Å². The molecule has 0 amide bonds. The van der Waals surface area contributed by atoms with Gasteiger partial charge in [-0.15, -0.1) is 0 Å². The fourth-order valence-electron chi connectivity index (χ4n) is 1.62. The van der Waals surface area contributed by atoms with Gasteiger partial charge >= 0.3 is 0 Å². The standard InChI is InChI=1S/C10H11ClFN/c1-6-5-13-10(6)7-2-3-9(12)8(11)4-7/h2-4,6,10,13H,5H2,1H3. The maximum absolute atomic E-state index is 12.8. The first-order valence-corrected chi connectivity index (χ1v) is 4.74. The number of halogens is 2. The Kier molecular flexibility index (Phi) is 2.26. The Labute approximate surface area is 81.9 Å². The molecule has 1 aromatic carbocycles. The molecule has 3 heteroatoms. The van der Waals surface area contributed by atoms with Gasteiger partial charge in [0.1, 0.15) is 5.82 Å². The van der Waals surface area contributed by atoms with E-state index in [1.807, 2.05) is 0 Å². The fourth-order valence-corrected chi connectivity index (χ4v) is 1.81. The molecule has 13 heavy (non-hydrogen) atoms. The molecular weight excluding hydrogens is 189 g/mol. The largest absolute Gasteiger partial charge is 0.309 e. The van der Waals surface area contributed by atoms with Crippen molar-refractivity contribution in [3.05, 3.63) is 34.6 Å². The van der Waals surface area contributed by atoms with E-state index in [9.17, 15) is 4.39 Å². The lowest BCUT2D eigenvalue weighted by Gasteiger charge is -2.36. The number of rotatable bonds is 1. The molecule has 1 N–H and O–H groups in total. The third-order valence-electron chi connectivity index (χ3n) is 2.53. The van der Waals surface area contributed by atoms with Crippen LogP contribution in [0.2, 0.25) is 5.02 Å². The molecule has 1 aliphatic heterocycles. The summed E-state index contributed by atoms with van der Waals surface area (Å²) in [6.07, 6.45) is 0. The summed E-state index contributed by atoms with van der Waals surface area (Å²) >= 11 is 5.68. The van der Waals surface area contributed by atoms with E-state index < -0.39 is 0 Å². The zero-order chi connectivity index (χ0) is 9.42. The summed E-state index contributed by atoms with van der Waals surface area (Å²) in [4.78, 5) is 0. The molecule has 1 aromatic rings. The highest BCUT2D eigenvalue weighted by Gasteiger charge is 2.27. The van der Waals surface area contributed by atoms with Crippen LogP contribution in [0.4, 0.5) is 4.39 Å². The molecule has 0 saturated carbocycles. The first kappa shape index (κ1) is 8.97. The fraction of sp³-hybridized carbons (Fsp3) is 0.400. The Balaban J connectivity index is 2.26. The highest BCUT2D eigenvalue weighted by Crippen LogP contribution is 2.30. The molecule has 70 valence electrons. The Bertz CT molecular complexity index is 327. The van der Waals surface area contributed by atoms with E-state index in [1.54, 1.807) is 12.1 Å². The van der Waals surface area contributed by atoms with Crippen LogP contribution in [0.5, 0.6) is 0 Å². The zero-order valence-corrected chi connectivity index (χ0v) is 8.11. The van der Waals surface area contributed by atoms with Crippen molar-refractivity contribution in [3.8, 4) is 0 Å². The van der Waals surface area contributed by atoms with Gasteiger partial charge in [0, 0.05) is 12.6 Å². The van der Waals surface area contributed by atoms with Gasteiger partial charge in [-0.05, 0) is 23.6 Å². The van der Waals surface area contributed by atoms with E-state index in [0.29, 0.717) is 12.0 Å². The van der Waals surface area contributed by atoms with E-state index in [-0.39, 0.29) is 10.8 Å². The van der Waals surface area contributed by atoms with Crippen LogP contribution in [0.1, 0.15) is 18.5 Å². The summed E-state index contributed by atoms with van der Waals surface area (Å²) in [7, 11) is 0. The Morgan fingerprint density at radius 1 is 1.54 bits per heavy atom. The molecule has 1 saturated heterocycles. The van der Waals surface area contributed by atoms with Crippen LogP contribution in [0.15, 0.2) is 18.2 Å². The van der Waals surface area contributed by atoms with Gasteiger partial charge in [0.25, 0.3) is 0 Å². The van der Waals surface area contributed by atoms with E-state index in [2.05, 4.69) is 12.2 Å². The minimum atomic E-state index is -0.350. The van der Waals surface area contributed by atoms with Gasteiger partial charge in [-0.1, -0.05) is 24.6 Å². The first-order chi connectivity index (χ1) is 6.18. The monoisotopic (exact) mass is 199 g/mol. The third-order valence-corrected chi connectivity index (χ3v) is 2.82. The normalized spacial score (nSPS) is 27.0. The van der Waals surface area contributed by atoms with Crippen molar-refractivity contribution in [3.63, 3.8) is 0 Å². The van der Waals surface area contributed by atoms with Crippen molar-refractivity contribution in [1.82, 2.24) is 5.32 Å². The van der Waals surface area contributed by atoms with Gasteiger partial charge in [-0.25, -0.2) is 4.39 Å². The molecule has 0 radical (unpaired) electrons. The predicted octanol–water partition coefficient (Wildman–Crippen LogP) is 2.76. The van der Waals surface area contributed by atoms with Crippen LogP contribution < -0.4 is 5.32 Å². The second-order valence-corrected chi connectivity index (χ2v) is 3.94. The van der Waals surface area contributed by atoms with Crippen molar-refractivity contribution in [2.45, 2.75) is 13.0 Å². The summed E-state index contributed by atoms with van der Waals surface area (Å²) < 4.78 is 12.8. The SMILES string of the molecule is CC1CNC1c1ccc(F)c(Cl)c1. The summed E-state index contributed by atoms with van der Waals surface area (Å²) in [6.45, 7) is 3.19. The van der Waals surface area contributed by atoms with Gasteiger partial charge in [0.2, 0.25) is 0 Å². The zero-order valence-electron chi connectivity index (χ0n) is 7.35. The number of hydrogen-bond acceptors (Lipinski definition) is 1. The van der Waals surface area contributed by atoms with Crippen LogP contribution in [-0.2, 0) is 0 Å². The Morgan fingerprint density at radius 3 is 2.77 bits per heavy atom. The summed E-state index contributed by atoms with van der Waals surface area (Å²) in [6, 6.07) is 5.25. The number of nitrogens with one attached hydrogen (secondary N) is 1. The highest BCUT2D eigenvalue weighted by molar-refractivity contribution is 6.30. The quantitative estimate of drug-likeness (QED) is 0.734. The van der Waals surface area contributed by atoms with Crippen molar-refractivity contribution in [2.75, 3.05) is 6.54 Å². The minimum Gasteiger partial charge on any atom is -0.309 e. The summed E-state index contributed by atoms with van der Waals surface area (Å²) in [5, 5.41) is 3.48. The van der Waals surface area contributed by atoms with Crippen LogP contribution in [0.25, 0.3) is 0 Å². The average Bonchev–Trinajstić information content (AvgIpc) is 2.09. The van der Waals surface area contributed by atoms with Gasteiger partial charge < -0.3 is 5.32 Å². The van der Waals surface area contributed by atoms with Gasteiger partial charge in [-0.2, -0.15) is 0 Å². The first-order valence-electron chi connectivity index (χ1n) is 4.37. The van der Waals surface area contributed by atoms with Crippen molar-refractivity contribution < 1.29 is 4.39 Å². The molecule has 2 unspecified atom stereocenters. The summed E-state index contributed by atoms with van der Waals surface area (Å²) in [5.41, 5.74) is 1.07. The van der Waals surface area contributed by atoms with E-state index in [1.165, 1.54) is 6.07 Å². The molecule has 0 aromatic heterocycles. The van der Waals surface area contributed by atoms with Crippen molar-refractivity contribution >= 4 is 11.6 Å². The van der Waals surface area contributed by atoms with Crippen LogP contribution in [0.3, 0.4) is 0 Å². The number of hydrogen-bond donors (Lipinski definition) is 1. The topological polar surface area (TPSA) is 12.0 Å². The molecular formula is C10H11ClFN. The highest BCUT2D eigenvalue weighted by atomic mass is 35.5. The van der Waals surface area contributed by atoms with Crippen LogP contribution in [-0.4, -0.2) is 6.54 Å². The number of benzene rings is 1. The van der Waals surface area contributed by atoms with Gasteiger partial charge in [0.05, 0.1) is 5.02 Å². The molecule has 0 bridgehead atoms.